The van der Waals surface area contributed by atoms with Crippen molar-refractivity contribution in [3.63, 3.8) is 0 Å². The molecule has 198 valence electrons. The van der Waals surface area contributed by atoms with Gasteiger partial charge in [-0.25, -0.2) is 4.79 Å². The Bertz CT molecular complexity index is 1490. The molecule has 0 bridgehead atoms. The van der Waals surface area contributed by atoms with Crippen molar-refractivity contribution >= 4 is 46.6 Å². The molecule has 3 aromatic rings. The number of dihydropyridines is 1. The van der Waals surface area contributed by atoms with Crippen molar-refractivity contribution in [2.75, 3.05) is 17.7 Å². The third kappa shape index (κ3) is 6.19. The highest BCUT2D eigenvalue weighted by Gasteiger charge is 2.38. The van der Waals surface area contributed by atoms with Crippen molar-refractivity contribution in [1.82, 2.24) is 5.32 Å². The fraction of sp³-hybridized carbons (Fsp3) is 0.194. The van der Waals surface area contributed by atoms with Gasteiger partial charge in [0, 0.05) is 10.7 Å². The number of halogens is 1. The zero-order chi connectivity index (χ0) is 27.9. The van der Waals surface area contributed by atoms with E-state index in [1.807, 2.05) is 68.4 Å². The molecule has 1 aliphatic heterocycles. The molecule has 1 amide bonds. The molecule has 0 fully saturated rings. The first kappa shape index (κ1) is 28.0. The first-order valence-electron chi connectivity index (χ1n) is 12.5. The Balaban J connectivity index is 1.78. The lowest BCUT2D eigenvalue weighted by atomic mass is 9.81. The molecule has 0 spiro atoms. The zero-order valence-electron chi connectivity index (χ0n) is 21.9. The van der Waals surface area contributed by atoms with Crippen LogP contribution < -0.4 is 10.6 Å². The van der Waals surface area contributed by atoms with Crippen molar-refractivity contribution in [1.29, 1.82) is 5.26 Å². The lowest BCUT2D eigenvalue weighted by Crippen LogP contribution is -2.30. The number of aryl methyl sites for hydroxylation is 2. The second-order valence-corrected chi connectivity index (χ2v) is 10.3. The summed E-state index contributed by atoms with van der Waals surface area (Å²) >= 11 is 7.82. The van der Waals surface area contributed by atoms with Crippen molar-refractivity contribution in [2.45, 2.75) is 26.7 Å². The molecule has 39 heavy (non-hydrogen) atoms. The number of para-hydroxylation sites is 1. The van der Waals surface area contributed by atoms with Gasteiger partial charge in [0.2, 0.25) is 5.91 Å². The molecule has 1 atom stereocenters. The van der Waals surface area contributed by atoms with Crippen molar-refractivity contribution in [3.8, 4) is 6.07 Å². The number of thioether (sulfide) groups is 1. The largest absolute Gasteiger partial charge is 0.463 e. The number of carbonyl (C=O) groups is 2. The number of esters is 1. The SMILES string of the molecule is CCOC(=O)C1=C(c2ccccc2)NC(SCC(=O)Nc2c(C)cccc2C)=C(C#N)[C@H]1c1ccccc1Cl. The number of hydrogen-bond acceptors (Lipinski definition) is 6. The summed E-state index contributed by atoms with van der Waals surface area (Å²) in [5.74, 6) is -1.49. The van der Waals surface area contributed by atoms with Gasteiger partial charge >= 0.3 is 5.97 Å². The van der Waals surface area contributed by atoms with E-state index in [0.29, 0.717) is 21.3 Å². The highest BCUT2D eigenvalue weighted by atomic mass is 35.5. The summed E-state index contributed by atoms with van der Waals surface area (Å²) in [4.78, 5) is 26.4. The summed E-state index contributed by atoms with van der Waals surface area (Å²) in [6.07, 6.45) is 0. The molecule has 4 rings (SSSR count). The topological polar surface area (TPSA) is 91.2 Å². The maximum Gasteiger partial charge on any atom is 0.337 e. The van der Waals surface area contributed by atoms with Crippen LogP contribution in [0.5, 0.6) is 0 Å². The van der Waals surface area contributed by atoms with Crippen LogP contribution in [0.2, 0.25) is 5.02 Å². The van der Waals surface area contributed by atoms with Crippen LogP contribution in [-0.4, -0.2) is 24.2 Å². The van der Waals surface area contributed by atoms with Crippen molar-refractivity contribution in [3.05, 3.63) is 116 Å². The second-order valence-electron chi connectivity index (χ2n) is 8.91. The molecule has 1 aliphatic rings. The molecular weight excluding hydrogens is 530 g/mol. The molecule has 3 aromatic carbocycles. The zero-order valence-corrected chi connectivity index (χ0v) is 23.5. The Morgan fingerprint density at radius 2 is 1.69 bits per heavy atom. The van der Waals surface area contributed by atoms with Crippen LogP contribution in [0.15, 0.2) is 89.0 Å². The molecular formula is C31H28ClN3O3S. The number of allylic oxidation sites excluding steroid dienone is 1. The second kappa shape index (κ2) is 12.7. The Morgan fingerprint density at radius 1 is 1.03 bits per heavy atom. The minimum Gasteiger partial charge on any atom is -0.463 e. The number of nitrogens with zero attached hydrogens (tertiary/aromatic N) is 1. The van der Waals surface area contributed by atoms with Crippen LogP contribution >= 0.6 is 23.4 Å². The summed E-state index contributed by atoms with van der Waals surface area (Å²) < 4.78 is 5.46. The van der Waals surface area contributed by atoms with Gasteiger partial charge in [-0.3, -0.25) is 4.79 Å². The van der Waals surface area contributed by atoms with Crippen LogP contribution in [0.25, 0.3) is 5.70 Å². The van der Waals surface area contributed by atoms with Gasteiger partial charge in [0.1, 0.15) is 0 Å². The van der Waals surface area contributed by atoms with Gasteiger partial charge in [0.05, 0.1) is 46.2 Å². The maximum absolute atomic E-state index is 13.4. The van der Waals surface area contributed by atoms with E-state index >= 15 is 0 Å². The molecule has 0 unspecified atom stereocenters. The molecule has 0 aromatic heterocycles. The van der Waals surface area contributed by atoms with Crippen LogP contribution in [0.3, 0.4) is 0 Å². The molecule has 2 N–H and O–H groups in total. The summed E-state index contributed by atoms with van der Waals surface area (Å²) in [5, 5.41) is 17.5. The Kier molecular flexibility index (Phi) is 9.13. The number of nitrogens with one attached hydrogen (secondary N) is 2. The van der Waals surface area contributed by atoms with Crippen LogP contribution in [0, 0.1) is 25.2 Å². The standard InChI is InChI=1S/C31H28ClN3O3S/c1-4-38-31(37)27-26(22-15-8-9-16-24(22)32)23(17-33)30(35-29(27)21-13-6-5-7-14-21)39-18-25(36)34-28-19(2)11-10-12-20(28)3/h5-16,26,35H,4,18H2,1-3H3,(H,34,36)/t26-/m1/s1. The average molecular weight is 558 g/mol. The monoisotopic (exact) mass is 557 g/mol. The van der Waals surface area contributed by atoms with Gasteiger partial charge in [0.15, 0.2) is 0 Å². The smallest absolute Gasteiger partial charge is 0.337 e. The van der Waals surface area contributed by atoms with Gasteiger partial charge in [-0.2, -0.15) is 5.26 Å². The van der Waals surface area contributed by atoms with E-state index in [4.69, 9.17) is 16.3 Å². The van der Waals surface area contributed by atoms with Gasteiger partial charge in [-0.05, 0) is 49.1 Å². The number of amides is 1. The highest BCUT2D eigenvalue weighted by molar-refractivity contribution is 8.03. The maximum atomic E-state index is 13.4. The van der Waals surface area contributed by atoms with Crippen molar-refractivity contribution in [2.24, 2.45) is 0 Å². The first-order valence-corrected chi connectivity index (χ1v) is 13.8. The van der Waals surface area contributed by atoms with E-state index in [1.54, 1.807) is 25.1 Å². The summed E-state index contributed by atoms with van der Waals surface area (Å²) in [7, 11) is 0. The number of carbonyl (C=O) groups excluding carboxylic acids is 2. The summed E-state index contributed by atoms with van der Waals surface area (Å²) in [6, 6.07) is 24.6. The fourth-order valence-electron chi connectivity index (χ4n) is 4.50. The van der Waals surface area contributed by atoms with Crippen LogP contribution in [0.1, 0.15) is 35.1 Å². The molecule has 6 nitrogen and oxygen atoms in total. The summed E-state index contributed by atoms with van der Waals surface area (Å²) in [6.45, 7) is 5.79. The third-order valence-corrected chi connectivity index (χ3v) is 7.68. The van der Waals surface area contributed by atoms with Crippen LogP contribution in [0.4, 0.5) is 5.69 Å². The predicted molar refractivity (Wildman–Crippen MR) is 157 cm³/mol. The predicted octanol–water partition coefficient (Wildman–Crippen LogP) is 6.73. The number of rotatable bonds is 8. The molecule has 1 heterocycles. The summed E-state index contributed by atoms with van der Waals surface area (Å²) in [5.41, 5.74) is 5.14. The minimum absolute atomic E-state index is 0.0489. The minimum atomic E-state index is -0.789. The van der Waals surface area contributed by atoms with Crippen molar-refractivity contribution < 1.29 is 14.3 Å². The van der Waals surface area contributed by atoms with Crippen LogP contribution in [-0.2, 0) is 14.3 Å². The molecule has 8 heteroatoms. The number of anilines is 1. The first-order chi connectivity index (χ1) is 18.8. The van der Waals surface area contributed by atoms with E-state index in [-0.39, 0.29) is 29.4 Å². The Morgan fingerprint density at radius 3 is 2.33 bits per heavy atom. The van der Waals surface area contributed by atoms with E-state index < -0.39 is 11.9 Å². The molecule has 0 radical (unpaired) electrons. The van der Waals surface area contributed by atoms with Gasteiger partial charge in [0.25, 0.3) is 0 Å². The lowest BCUT2D eigenvalue weighted by Gasteiger charge is -2.31. The molecule has 0 saturated carbocycles. The Labute approximate surface area is 237 Å². The van der Waals surface area contributed by atoms with Gasteiger partial charge in [-0.1, -0.05) is 90.1 Å². The lowest BCUT2D eigenvalue weighted by molar-refractivity contribution is -0.138. The van der Waals surface area contributed by atoms with Gasteiger partial charge in [-0.15, -0.1) is 0 Å². The Hall–Kier alpha value is -3.99. The van der Waals surface area contributed by atoms with E-state index in [9.17, 15) is 14.9 Å². The average Bonchev–Trinajstić information content (AvgIpc) is 2.94. The van der Waals surface area contributed by atoms with E-state index in [2.05, 4.69) is 16.7 Å². The number of ether oxygens (including phenoxy) is 1. The normalized spacial score (nSPS) is 14.9. The highest BCUT2D eigenvalue weighted by Crippen LogP contribution is 2.45. The molecule has 0 aliphatic carbocycles. The van der Waals surface area contributed by atoms with E-state index in [0.717, 1.165) is 22.4 Å². The molecule has 0 saturated heterocycles. The number of nitriles is 1. The number of benzene rings is 3. The quantitative estimate of drug-likeness (QED) is 0.299. The van der Waals surface area contributed by atoms with E-state index in [1.165, 1.54) is 11.8 Å². The fourth-order valence-corrected chi connectivity index (χ4v) is 5.59. The third-order valence-electron chi connectivity index (χ3n) is 6.32. The van der Waals surface area contributed by atoms with Gasteiger partial charge < -0.3 is 15.4 Å². The number of hydrogen-bond donors (Lipinski definition) is 2.